The number of halogens is 2. The molecule has 0 bridgehead atoms. The van der Waals surface area contributed by atoms with Crippen molar-refractivity contribution in [3.05, 3.63) is 59.7 Å². The average molecular weight is 419 g/mol. The Morgan fingerprint density at radius 3 is 1.37 bits per heavy atom. The number of aromatic nitrogens is 2. The topological polar surface area (TPSA) is 66.2 Å². The van der Waals surface area contributed by atoms with Gasteiger partial charge in [0, 0.05) is 23.5 Å². The van der Waals surface area contributed by atoms with E-state index >= 15 is 0 Å². The molecule has 2 heterocycles. The van der Waals surface area contributed by atoms with Gasteiger partial charge in [-0.15, -0.1) is 0 Å². The Hall–Kier alpha value is -1.92. The number of pyridine rings is 2. The van der Waals surface area contributed by atoms with Crippen LogP contribution in [0.25, 0.3) is 0 Å². The lowest BCUT2D eigenvalue weighted by Gasteiger charge is -2.33. The van der Waals surface area contributed by atoms with Gasteiger partial charge in [-0.2, -0.15) is 8.78 Å². The third-order valence-corrected chi connectivity index (χ3v) is 6.58. The molecular formula is C24H32F2N2O2. The average Bonchev–Trinajstić information content (AvgIpc) is 2.70. The zero-order valence-electron chi connectivity index (χ0n) is 17.8. The number of rotatable bonds is 2. The van der Waals surface area contributed by atoms with E-state index in [2.05, 4.69) is 9.97 Å². The molecule has 6 heteroatoms. The fourth-order valence-corrected chi connectivity index (χ4v) is 4.51. The van der Waals surface area contributed by atoms with Crippen LogP contribution < -0.4 is 0 Å². The molecule has 2 fully saturated rings. The lowest BCUT2D eigenvalue weighted by atomic mass is 9.77. The molecule has 0 aliphatic heterocycles. The van der Waals surface area contributed by atoms with Gasteiger partial charge in [0.05, 0.1) is 11.2 Å². The van der Waals surface area contributed by atoms with Crippen LogP contribution in [0.15, 0.2) is 36.7 Å². The summed E-state index contributed by atoms with van der Waals surface area (Å²) >= 11 is 0. The SMILES string of the molecule is CC1(O)CCC(c2cccnc2F)CC1.CC1(O)CCC(c2cccnc2F)CC1. The molecule has 4 nitrogen and oxygen atoms in total. The van der Waals surface area contributed by atoms with Crippen molar-refractivity contribution in [2.75, 3.05) is 0 Å². The normalized spacial score (nSPS) is 31.5. The maximum atomic E-state index is 13.4. The first-order valence-electron chi connectivity index (χ1n) is 10.8. The third kappa shape index (κ3) is 6.05. The molecule has 2 aromatic heterocycles. The Labute approximate surface area is 177 Å². The summed E-state index contributed by atoms with van der Waals surface area (Å²) in [4.78, 5) is 7.32. The van der Waals surface area contributed by atoms with Crippen LogP contribution in [0.1, 0.15) is 88.2 Å². The van der Waals surface area contributed by atoms with Gasteiger partial charge < -0.3 is 10.2 Å². The summed E-state index contributed by atoms with van der Waals surface area (Å²) in [7, 11) is 0. The quantitative estimate of drug-likeness (QED) is 0.653. The molecule has 0 saturated heterocycles. The second kappa shape index (κ2) is 9.48. The first-order valence-corrected chi connectivity index (χ1v) is 10.8. The van der Waals surface area contributed by atoms with Crippen LogP contribution in [0.3, 0.4) is 0 Å². The summed E-state index contributed by atoms with van der Waals surface area (Å²) in [6.45, 7) is 3.70. The summed E-state index contributed by atoms with van der Waals surface area (Å²) in [5, 5.41) is 19.6. The van der Waals surface area contributed by atoms with Gasteiger partial charge in [-0.25, -0.2) is 9.97 Å². The van der Waals surface area contributed by atoms with Crippen molar-refractivity contribution in [3.8, 4) is 0 Å². The van der Waals surface area contributed by atoms with E-state index in [-0.39, 0.29) is 23.7 Å². The fraction of sp³-hybridized carbons (Fsp3) is 0.583. The maximum absolute atomic E-state index is 13.4. The highest BCUT2D eigenvalue weighted by Crippen LogP contribution is 2.39. The second-order valence-electron chi connectivity index (χ2n) is 9.31. The molecule has 0 aromatic carbocycles. The fourth-order valence-electron chi connectivity index (χ4n) is 4.51. The van der Waals surface area contributed by atoms with E-state index in [9.17, 15) is 19.0 Å². The molecule has 0 unspecified atom stereocenters. The minimum Gasteiger partial charge on any atom is -0.390 e. The van der Waals surface area contributed by atoms with Crippen molar-refractivity contribution < 1.29 is 19.0 Å². The van der Waals surface area contributed by atoms with Crippen LogP contribution >= 0.6 is 0 Å². The molecule has 2 N–H and O–H groups in total. The van der Waals surface area contributed by atoms with Crippen molar-refractivity contribution in [2.45, 2.75) is 88.3 Å². The van der Waals surface area contributed by atoms with Crippen LogP contribution in [-0.4, -0.2) is 31.4 Å². The van der Waals surface area contributed by atoms with E-state index in [1.54, 1.807) is 24.3 Å². The molecule has 2 aliphatic rings. The summed E-state index contributed by atoms with van der Waals surface area (Å²) in [5.41, 5.74) is 0.283. The Morgan fingerprint density at radius 2 is 1.07 bits per heavy atom. The molecule has 164 valence electrons. The number of hydrogen-bond donors (Lipinski definition) is 2. The van der Waals surface area contributed by atoms with Crippen LogP contribution in [0, 0.1) is 11.9 Å². The number of nitrogens with zero attached hydrogens (tertiary/aromatic N) is 2. The van der Waals surface area contributed by atoms with Crippen molar-refractivity contribution in [1.29, 1.82) is 0 Å². The van der Waals surface area contributed by atoms with E-state index in [4.69, 9.17) is 0 Å². The van der Waals surface area contributed by atoms with Crippen LogP contribution in [0.4, 0.5) is 8.78 Å². The lowest BCUT2D eigenvalue weighted by Crippen LogP contribution is -2.29. The van der Waals surface area contributed by atoms with Gasteiger partial charge in [0.2, 0.25) is 11.9 Å². The van der Waals surface area contributed by atoms with Crippen molar-refractivity contribution in [2.24, 2.45) is 0 Å². The lowest BCUT2D eigenvalue weighted by molar-refractivity contribution is 0.0164. The summed E-state index contributed by atoms with van der Waals surface area (Å²) in [6, 6.07) is 7.14. The predicted molar refractivity (Wildman–Crippen MR) is 112 cm³/mol. The molecular weight excluding hydrogens is 386 g/mol. The van der Waals surface area contributed by atoms with Gasteiger partial charge >= 0.3 is 0 Å². The van der Waals surface area contributed by atoms with E-state index in [1.165, 1.54) is 12.4 Å². The Morgan fingerprint density at radius 1 is 0.733 bits per heavy atom. The first kappa shape index (κ1) is 22.8. The Kier molecular flexibility index (Phi) is 7.19. The van der Waals surface area contributed by atoms with Gasteiger partial charge in [0.1, 0.15) is 0 Å². The summed E-state index contributed by atoms with van der Waals surface area (Å²) < 4.78 is 26.8. The first-order chi connectivity index (χ1) is 14.2. The van der Waals surface area contributed by atoms with Crippen molar-refractivity contribution in [3.63, 3.8) is 0 Å². The molecule has 0 spiro atoms. The Balaban J connectivity index is 0.000000171. The molecule has 2 aliphatic carbocycles. The van der Waals surface area contributed by atoms with Crippen LogP contribution in [0.5, 0.6) is 0 Å². The molecule has 0 amide bonds. The van der Waals surface area contributed by atoms with Gasteiger partial charge in [0.25, 0.3) is 0 Å². The number of hydrogen-bond acceptors (Lipinski definition) is 4. The van der Waals surface area contributed by atoms with Crippen molar-refractivity contribution >= 4 is 0 Å². The minimum absolute atomic E-state index is 0.221. The van der Waals surface area contributed by atoms with Gasteiger partial charge in [-0.1, -0.05) is 12.1 Å². The molecule has 0 atom stereocenters. The predicted octanol–water partition coefficient (Wildman–Crippen LogP) is 5.26. The van der Waals surface area contributed by atoms with E-state index in [1.807, 2.05) is 13.8 Å². The number of aliphatic hydroxyl groups is 2. The van der Waals surface area contributed by atoms with Gasteiger partial charge in [-0.05, 0) is 89.2 Å². The monoisotopic (exact) mass is 418 g/mol. The van der Waals surface area contributed by atoms with Gasteiger partial charge in [0.15, 0.2) is 0 Å². The standard InChI is InChI=1S/2C12H16FNO/c2*1-12(15)6-4-9(5-7-12)10-3-2-8-14-11(10)13/h2*2-3,8-9,15H,4-7H2,1H3. The largest absolute Gasteiger partial charge is 0.390 e. The molecule has 0 radical (unpaired) electrons. The molecule has 2 saturated carbocycles. The van der Waals surface area contributed by atoms with E-state index < -0.39 is 11.2 Å². The third-order valence-electron chi connectivity index (χ3n) is 6.58. The van der Waals surface area contributed by atoms with Crippen molar-refractivity contribution in [1.82, 2.24) is 9.97 Å². The molecule has 4 rings (SSSR count). The molecule has 30 heavy (non-hydrogen) atoms. The Bertz CT molecular complexity index is 752. The van der Waals surface area contributed by atoms with E-state index in [0.717, 1.165) is 51.4 Å². The zero-order valence-corrected chi connectivity index (χ0v) is 17.8. The highest BCUT2D eigenvalue weighted by molar-refractivity contribution is 5.18. The van der Waals surface area contributed by atoms with Gasteiger partial charge in [-0.3, -0.25) is 0 Å². The second-order valence-corrected chi connectivity index (χ2v) is 9.31. The van der Waals surface area contributed by atoms with Crippen LogP contribution in [0.2, 0.25) is 0 Å². The maximum Gasteiger partial charge on any atom is 0.216 e. The van der Waals surface area contributed by atoms with E-state index in [0.29, 0.717) is 11.1 Å². The highest BCUT2D eigenvalue weighted by atomic mass is 19.1. The summed E-state index contributed by atoms with van der Waals surface area (Å²) in [5.74, 6) is -0.272. The highest BCUT2D eigenvalue weighted by Gasteiger charge is 2.31. The molecule has 2 aromatic rings. The summed E-state index contributed by atoms with van der Waals surface area (Å²) in [6.07, 6.45) is 9.28. The zero-order chi connectivity index (χ0) is 21.8. The smallest absolute Gasteiger partial charge is 0.216 e. The minimum atomic E-state index is -0.560. The van der Waals surface area contributed by atoms with Crippen LogP contribution in [-0.2, 0) is 0 Å².